The number of carbonyl (C=O) groups excluding carboxylic acids is 2. The molecule has 0 spiro atoms. The van der Waals surface area contributed by atoms with Crippen LogP contribution in [0, 0.1) is 0 Å². The first-order valence-electron chi connectivity index (χ1n) is 7.97. The fraction of sp³-hybridized carbons (Fsp3) is 0.278. The second-order valence-corrected chi connectivity index (χ2v) is 5.87. The highest BCUT2D eigenvalue weighted by Gasteiger charge is 2.06. The van der Waals surface area contributed by atoms with E-state index in [-0.39, 0.29) is 11.8 Å². The molecule has 0 radical (unpaired) electrons. The molecule has 0 atom stereocenters. The van der Waals surface area contributed by atoms with Gasteiger partial charge in [0.05, 0.1) is 5.56 Å². The Morgan fingerprint density at radius 3 is 2.28 bits per heavy atom. The largest absolute Gasteiger partial charge is 0.351 e. The molecule has 0 aliphatic carbocycles. The summed E-state index contributed by atoms with van der Waals surface area (Å²) in [5.74, 6) is 0.388. The highest BCUT2D eigenvalue weighted by Crippen LogP contribution is 2.17. The van der Waals surface area contributed by atoms with Gasteiger partial charge in [-0.3, -0.25) is 9.59 Å². The summed E-state index contributed by atoms with van der Waals surface area (Å²) in [5.41, 5.74) is 2.09. The van der Waals surface area contributed by atoms with Gasteiger partial charge in [-0.05, 0) is 50.5 Å². The molecule has 0 saturated carbocycles. The molecule has 3 N–H and O–H groups in total. The Balaban J connectivity index is 1.91. The van der Waals surface area contributed by atoms with Crippen molar-refractivity contribution in [2.45, 2.75) is 6.92 Å². The Hall–Kier alpha value is -2.93. The van der Waals surface area contributed by atoms with Crippen molar-refractivity contribution in [1.29, 1.82) is 0 Å². The van der Waals surface area contributed by atoms with Gasteiger partial charge in [-0.2, -0.15) is 0 Å². The van der Waals surface area contributed by atoms with Gasteiger partial charge in [0.25, 0.3) is 5.91 Å². The van der Waals surface area contributed by atoms with Crippen LogP contribution in [0.1, 0.15) is 17.3 Å². The number of benzene rings is 1. The van der Waals surface area contributed by atoms with Gasteiger partial charge in [-0.1, -0.05) is 0 Å². The molecule has 7 nitrogen and oxygen atoms in total. The molecule has 1 aromatic heterocycles. The minimum Gasteiger partial charge on any atom is -0.351 e. The highest BCUT2D eigenvalue weighted by molar-refractivity contribution is 5.94. The normalized spacial score (nSPS) is 10.4. The number of carbonyl (C=O) groups is 2. The number of anilines is 3. The Morgan fingerprint density at radius 2 is 1.72 bits per heavy atom. The SMILES string of the molecule is CC(=O)Nc1ccc(Nc2ccc(C(=O)NCCN(C)C)cn2)cc1. The topological polar surface area (TPSA) is 86.4 Å². The zero-order valence-corrected chi connectivity index (χ0v) is 14.7. The Labute approximate surface area is 147 Å². The van der Waals surface area contributed by atoms with Gasteiger partial charge in [0.2, 0.25) is 5.91 Å². The van der Waals surface area contributed by atoms with Crippen molar-refractivity contribution in [2.24, 2.45) is 0 Å². The number of hydrogen-bond donors (Lipinski definition) is 3. The standard InChI is InChI=1S/C18H23N5O2/c1-13(24)21-15-5-7-16(8-6-15)22-17-9-4-14(12-20-17)18(25)19-10-11-23(2)3/h4-9,12H,10-11H2,1-3H3,(H,19,25)(H,20,22)(H,21,24). The molecule has 2 rings (SSSR count). The van der Waals surface area contributed by atoms with E-state index in [0.29, 0.717) is 17.9 Å². The summed E-state index contributed by atoms with van der Waals surface area (Å²) in [6.07, 6.45) is 1.54. The molecule has 7 heteroatoms. The molecule has 0 unspecified atom stereocenters. The van der Waals surface area contributed by atoms with Crippen LogP contribution in [0.3, 0.4) is 0 Å². The lowest BCUT2D eigenvalue weighted by atomic mass is 10.2. The summed E-state index contributed by atoms with van der Waals surface area (Å²) >= 11 is 0. The average Bonchev–Trinajstić information content (AvgIpc) is 2.56. The van der Waals surface area contributed by atoms with Crippen molar-refractivity contribution < 1.29 is 9.59 Å². The highest BCUT2D eigenvalue weighted by atomic mass is 16.2. The van der Waals surface area contributed by atoms with Crippen molar-refractivity contribution in [2.75, 3.05) is 37.8 Å². The van der Waals surface area contributed by atoms with Crippen molar-refractivity contribution in [3.8, 4) is 0 Å². The quantitative estimate of drug-likeness (QED) is 0.718. The van der Waals surface area contributed by atoms with E-state index in [0.717, 1.165) is 17.9 Å². The summed E-state index contributed by atoms with van der Waals surface area (Å²) in [4.78, 5) is 29.3. The van der Waals surface area contributed by atoms with E-state index < -0.39 is 0 Å². The number of likely N-dealkylation sites (N-methyl/N-ethyl adjacent to an activating group) is 1. The van der Waals surface area contributed by atoms with Crippen LogP contribution < -0.4 is 16.0 Å². The van der Waals surface area contributed by atoms with Gasteiger partial charge >= 0.3 is 0 Å². The van der Waals surface area contributed by atoms with Crippen LogP contribution in [-0.4, -0.2) is 48.9 Å². The fourth-order valence-electron chi connectivity index (χ4n) is 2.09. The molecule has 0 bridgehead atoms. The monoisotopic (exact) mass is 341 g/mol. The van der Waals surface area contributed by atoms with Crippen LogP contribution >= 0.6 is 0 Å². The molecule has 0 fully saturated rings. The summed E-state index contributed by atoms with van der Waals surface area (Å²) in [7, 11) is 3.91. The Kier molecular flexibility index (Phi) is 6.47. The molecule has 132 valence electrons. The van der Waals surface area contributed by atoms with Crippen LogP contribution in [0.15, 0.2) is 42.6 Å². The maximum Gasteiger partial charge on any atom is 0.252 e. The molecule has 2 amide bonds. The number of nitrogens with one attached hydrogen (secondary N) is 3. The smallest absolute Gasteiger partial charge is 0.252 e. The van der Waals surface area contributed by atoms with Gasteiger partial charge in [0, 0.05) is 37.6 Å². The molecule has 0 aliphatic rings. The zero-order chi connectivity index (χ0) is 18.2. The molecule has 1 heterocycles. The molecule has 2 aromatic rings. The lowest BCUT2D eigenvalue weighted by Gasteiger charge is -2.11. The molecular weight excluding hydrogens is 318 g/mol. The summed E-state index contributed by atoms with van der Waals surface area (Å²) in [6, 6.07) is 10.8. The first kappa shape index (κ1) is 18.4. The first-order valence-corrected chi connectivity index (χ1v) is 7.97. The van der Waals surface area contributed by atoms with Crippen LogP contribution in [0.25, 0.3) is 0 Å². The number of nitrogens with zero attached hydrogens (tertiary/aromatic N) is 2. The summed E-state index contributed by atoms with van der Waals surface area (Å²) in [6.45, 7) is 2.84. The van der Waals surface area contributed by atoms with Gasteiger partial charge in [0.15, 0.2) is 0 Å². The van der Waals surface area contributed by atoms with Crippen molar-refractivity contribution in [3.05, 3.63) is 48.2 Å². The van der Waals surface area contributed by atoms with E-state index in [1.54, 1.807) is 30.5 Å². The van der Waals surface area contributed by atoms with Crippen molar-refractivity contribution in [3.63, 3.8) is 0 Å². The van der Waals surface area contributed by atoms with Crippen molar-refractivity contribution >= 4 is 29.0 Å². The van der Waals surface area contributed by atoms with E-state index >= 15 is 0 Å². The number of hydrogen-bond acceptors (Lipinski definition) is 5. The third kappa shape index (κ3) is 6.23. The van der Waals surface area contributed by atoms with E-state index in [1.807, 2.05) is 31.1 Å². The molecular formula is C18H23N5O2. The van der Waals surface area contributed by atoms with Crippen LogP contribution in [-0.2, 0) is 4.79 Å². The van der Waals surface area contributed by atoms with E-state index in [1.165, 1.54) is 6.92 Å². The second kappa shape index (κ2) is 8.79. The first-order chi connectivity index (χ1) is 11.9. The molecule has 25 heavy (non-hydrogen) atoms. The summed E-state index contributed by atoms with van der Waals surface area (Å²) in [5, 5.41) is 8.70. The molecule has 1 aromatic carbocycles. The summed E-state index contributed by atoms with van der Waals surface area (Å²) < 4.78 is 0. The van der Waals surface area contributed by atoms with E-state index in [4.69, 9.17) is 0 Å². The minimum atomic E-state index is -0.138. The molecule has 0 aliphatic heterocycles. The number of amides is 2. The van der Waals surface area contributed by atoms with E-state index in [2.05, 4.69) is 20.9 Å². The number of rotatable bonds is 7. The predicted molar refractivity (Wildman–Crippen MR) is 99.2 cm³/mol. The Bertz CT molecular complexity index is 711. The fourth-order valence-corrected chi connectivity index (χ4v) is 2.09. The Morgan fingerprint density at radius 1 is 1.04 bits per heavy atom. The third-order valence-electron chi connectivity index (χ3n) is 3.35. The van der Waals surface area contributed by atoms with E-state index in [9.17, 15) is 9.59 Å². The minimum absolute atomic E-state index is 0.109. The average molecular weight is 341 g/mol. The van der Waals surface area contributed by atoms with Gasteiger partial charge < -0.3 is 20.9 Å². The maximum atomic E-state index is 12.0. The van der Waals surface area contributed by atoms with Gasteiger partial charge in [-0.15, -0.1) is 0 Å². The maximum absolute atomic E-state index is 12.0. The van der Waals surface area contributed by atoms with Crippen LogP contribution in [0.2, 0.25) is 0 Å². The van der Waals surface area contributed by atoms with Crippen LogP contribution in [0.5, 0.6) is 0 Å². The molecule has 0 saturated heterocycles. The predicted octanol–water partition coefficient (Wildman–Crippen LogP) is 2.07. The van der Waals surface area contributed by atoms with Gasteiger partial charge in [-0.25, -0.2) is 4.98 Å². The lowest BCUT2D eigenvalue weighted by molar-refractivity contribution is -0.114. The number of aromatic nitrogens is 1. The third-order valence-corrected chi connectivity index (χ3v) is 3.35. The lowest BCUT2D eigenvalue weighted by Crippen LogP contribution is -2.31. The zero-order valence-electron chi connectivity index (χ0n) is 14.7. The van der Waals surface area contributed by atoms with Gasteiger partial charge in [0.1, 0.15) is 5.82 Å². The second-order valence-electron chi connectivity index (χ2n) is 5.87. The van der Waals surface area contributed by atoms with Crippen LogP contribution in [0.4, 0.5) is 17.2 Å². The van der Waals surface area contributed by atoms with Crippen molar-refractivity contribution in [1.82, 2.24) is 15.2 Å². The number of pyridine rings is 1.